The Morgan fingerprint density at radius 1 is 1.12 bits per heavy atom. The molecule has 0 aliphatic heterocycles. The highest BCUT2D eigenvalue weighted by Crippen LogP contribution is 2.24. The number of nitro groups is 1. The van der Waals surface area contributed by atoms with Crippen LogP contribution in [0.3, 0.4) is 0 Å². The average Bonchev–Trinajstić information content (AvgIpc) is 2.96. The molecule has 0 unspecified atom stereocenters. The van der Waals surface area contributed by atoms with Gasteiger partial charge in [0.25, 0.3) is 11.6 Å². The van der Waals surface area contributed by atoms with Crippen molar-refractivity contribution >= 4 is 28.3 Å². The first-order valence-electron chi connectivity index (χ1n) is 7.81. The van der Waals surface area contributed by atoms with Gasteiger partial charge in [0.15, 0.2) is 5.76 Å². The van der Waals surface area contributed by atoms with Gasteiger partial charge >= 0.3 is 0 Å². The lowest BCUT2D eigenvalue weighted by Crippen LogP contribution is -2.28. The molecule has 25 heavy (non-hydrogen) atoms. The van der Waals surface area contributed by atoms with Crippen molar-refractivity contribution in [1.29, 1.82) is 0 Å². The Labute approximate surface area is 143 Å². The number of nitrogens with one attached hydrogen (secondary N) is 2. The van der Waals surface area contributed by atoms with Gasteiger partial charge in [-0.05, 0) is 25.1 Å². The summed E-state index contributed by atoms with van der Waals surface area (Å²) in [5.74, 6) is 0.0516. The maximum atomic E-state index is 12.3. The molecule has 3 aromatic rings. The first-order chi connectivity index (χ1) is 12.1. The summed E-state index contributed by atoms with van der Waals surface area (Å²) < 4.78 is 5.62. The summed E-state index contributed by atoms with van der Waals surface area (Å²) in [6, 6.07) is 13.6. The number of nitrogens with zero attached hydrogens (tertiary/aromatic N) is 1. The minimum Gasteiger partial charge on any atom is -0.451 e. The van der Waals surface area contributed by atoms with Gasteiger partial charge in [-0.25, -0.2) is 0 Å². The topological polar surface area (TPSA) is 97.4 Å². The van der Waals surface area contributed by atoms with Crippen LogP contribution in [-0.4, -0.2) is 23.9 Å². The van der Waals surface area contributed by atoms with Crippen molar-refractivity contribution < 1.29 is 14.1 Å². The molecule has 2 N–H and O–H groups in total. The number of benzene rings is 2. The van der Waals surface area contributed by atoms with Gasteiger partial charge in [0.1, 0.15) is 5.58 Å². The second-order valence-corrected chi connectivity index (χ2v) is 5.54. The highest BCUT2D eigenvalue weighted by Gasteiger charge is 2.16. The molecule has 1 amide bonds. The number of fused-ring (bicyclic) bond motifs is 1. The fourth-order valence-electron chi connectivity index (χ4n) is 2.56. The number of furan rings is 1. The van der Waals surface area contributed by atoms with Crippen molar-refractivity contribution in [1.82, 2.24) is 5.32 Å². The third-order valence-corrected chi connectivity index (χ3v) is 3.87. The normalized spacial score (nSPS) is 10.6. The van der Waals surface area contributed by atoms with E-state index in [1.807, 2.05) is 31.2 Å². The second-order valence-electron chi connectivity index (χ2n) is 5.54. The van der Waals surface area contributed by atoms with Crippen molar-refractivity contribution in [3.63, 3.8) is 0 Å². The number of hydrogen-bond acceptors (Lipinski definition) is 5. The molecule has 1 aromatic heterocycles. The number of carbonyl (C=O) groups is 1. The van der Waals surface area contributed by atoms with Crippen LogP contribution >= 0.6 is 0 Å². The highest BCUT2D eigenvalue weighted by atomic mass is 16.6. The van der Waals surface area contributed by atoms with Crippen LogP contribution in [0.5, 0.6) is 0 Å². The van der Waals surface area contributed by atoms with Crippen molar-refractivity contribution in [2.75, 3.05) is 18.4 Å². The SMILES string of the molecule is Cc1c(C(=O)NCCNc2ccc([N+](=O)[O-])cc2)oc2ccccc12. The number of carbonyl (C=O) groups excluding carboxylic acids is 1. The maximum Gasteiger partial charge on any atom is 0.287 e. The minimum atomic E-state index is -0.445. The minimum absolute atomic E-state index is 0.0409. The zero-order valence-corrected chi connectivity index (χ0v) is 13.6. The van der Waals surface area contributed by atoms with Crippen molar-refractivity contribution in [3.05, 3.63) is 70.0 Å². The standard InChI is InChI=1S/C18H17N3O4/c1-12-15-4-2-3-5-16(15)25-17(12)18(22)20-11-10-19-13-6-8-14(9-7-13)21(23)24/h2-9,19H,10-11H2,1H3,(H,20,22). The lowest BCUT2D eigenvalue weighted by Gasteiger charge is -2.07. The quantitative estimate of drug-likeness (QED) is 0.407. The van der Waals surface area contributed by atoms with E-state index in [0.29, 0.717) is 24.4 Å². The van der Waals surface area contributed by atoms with E-state index in [2.05, 4.69) is 10.6 Å². The van der Waals surface area contributed by atoms with Gasteiger partial charge in [0.2, 0.25) is 0 Å². The van der Waals surface area contributed by atoms with Crippen molar-refractivity contribution in [2.24, 2.45) is 0 Å². The van der Waals surface area contributed by atoms with E-state index in [9.17, 15) is 14.9 Å². The number of aryl methyl sites for hydroxylation is 1. The largest absolute Gasteiger partial charge is 0.451 e. The van der Waals surface area contributed by atoms with E-state index in [0.717, 1.165) is 16.6 Å². The summed E-state index contributed by atoms with van der Waals surface area (Å²) in [6.07, 6.45) is 0. The number of amides is 1. The first-order valence-corrected chi connectivity index (χ1v) is 7.81. The summed E-state index contributed by atoms with van der Waals surface area (Å²) in [5.41, 5.74) is 2.30. The second kappa shape index (κ2) is 7.04. The molecule has 0 aliphatic rings. The Morgan fingerprint density at radius 2 is 1.84 bits per heavy atom. The van der Waals surface area contributed by atoms with Gasteiger partial charge in [-0.1, -0.05) is 18.2 Å². The van der Waals surface area contributed by atoms with Crippen LogP contribution in [-0.2, 0) is 0 Å². The Morgan fingerprint density at radius 3 is 2.52 bits per heavy atom. The number of para-hydroxylation sites is 1. The lowest BCUT2D eigenvalue weighted by atomic mass is 10.1. The van der Waals surface area contributed by atoms with Crippen LogP contribution in [0.15, 0.2) is 52.9 Å². The molecule has 3 rings (SSSR count). The number of rotatable bonds is 6. The fraction of sp³-hybridized carbons (Fsp3) is 0.167. The molecular formula is C18H17N3O4. The predicted octanol–water partition coefficient (Wildman–Crippen LogP) is 3.49. The maximum absolute atomic E-state index is 12.3. The van der Waals surface area contributed by atoms with Gasteiger partial charge in [0.05, 0.1) is 4.92 Å². The molecule has 0 atom stereocenters. The van der Waals surface area contributed by atoms with Crippen LogP contribution in [0.1, 0.15) is 16.1 Å². The molecule has 0 aliphatic carbocycles. The summed E-state index contributed by atoms with van der Waals surface area (Å²) in [7, 11) is 0. The Bertz CT molecular complexity index is 916. The summed E-state index contributed by atoms with van der Waals surface area (Å²) in [6.45, 7) is 2.74. The number of anilines is 1. The van der Waals surface area contributed by atoms with Gasteiger partial charge in [0, 0.05) is 41.9 Å². The van der Waals surface area contributed by atoms with Gasteiger partial charge in [-0.2, -0.15) is 0 Å². The third-order valence-electron chi connectivity index (χ3n) is 3.87. The van der Waals surface area contributed by atoms with E-state index in [1.54, 1.807) is 12.1 Å². The van der Waals surface area contributed by atoms with Crippen LogP contribution in [0.25, 0.3) is 11.0 Å². The summed E-state index contributed by atoms with van der Waals surface area (Å²) in [5, 5.41) is 17.4. The molecule has 0 bridgehead atoms. The lowest BCUT2D eigenvalue weighted by molar-refractivity contribution is -0.384. The van der Waals surface area contributed by atoms with Gasteiger partial charge < -0.3 is 15.1 Å². The van der Waals surface area contributed by atoms with Crippen LogP contribution in [0, 0.1) is 17.0 Å². The van der Waals surface area contributed by atoms with Gasteiger partial charge in [-0.15, -0.1) is 0 Å². The predicted molar refractivity (Wildman–Crippen MR) is 94.9 cm³/mol. The monoisotopic (exact) mass is 339 g/mol. The van der Waals surface area contributed by atoms with E-state index in [-0.39, 0.29) is 11.6 Å². The Kier molecular flexibility index (Phi) is 4.65. The average molecular weight is 339 g/mol. The fourth-order valence-corrected chi connectivity index (χ4v) is 2.56. The molecule has 0 spiro atoms. The summed E-state index contributed by atoms with van der Waals surface area (Å²) in [4.78, 5) is 22.4. The van der Waals surface area contributed by atoms with E-state index in [1.165, 1.54) is 12.1 Å². The smallest absolute Gasteiger partial charge is 0.287 e. The zero-order chi connectivity index (χ0) is 17.8. The van der Waals surface area contributed by atoms with Gasteiger partial charge in [-0.3, -0.25) is 14.9 Å². The Hall–Kier alpha value is -3.35. The molecule has 128 valence electrons. The molecule has 1 heterocycles. The van der Waals surface area contributed by atoms with Crippen molar-refractivity contribution in [2.45, 2.75) is 6.92 Å². The van der Waals surface area contributed by atoms with Crippen molar-refractivity contribution in [3.8, 4) is 0 Å². The molecule has 0 fully saturated rings. The molecule has 0 saturated carbocycles. The zero-order valence-electron chi connectivity index (χ0n) is 13.6. The molecule has 0 saturated heterocycles. The van der Waals surface area contributed by atoms with Crippen LogP contribution < -0.4 is 10.6 Å². The van der Waals surface area contributed by atoms with Crippen LogP contribution in [0.4, 0.5) is 11.4 Å². The third kappa shape index (κ3) is 3.60. The first kappa shape index (κ1) is 16.5. The molecule has 0 radical (unpaired) electrons. The number of hydrogen-bond donors (Lipinski definition) is 2. The molecule has 2 aromatic carbocycles. The molecular weight excluding hydrogens is 322 g/mol. The van der Waals surface area contributed by atoms with E-state index < -0.39 is 4.92 Å². The molecule has 7 nitrogen and oxygen atoms in total. The number of nitro benzene ring substituents is 1. The van der Waals surface area contributed by atoms with E-state index >= 15 is 0 Å². The number of non-ortho nitro benzene ring substituents is 1. The van der Waals surface area contributed by atoms with E-state index in [4.69, 9.17) is 4.42 Å². The highest BCUT2D eigenvalue weighted by molar-refractivity contribution is 5.98. The molecule has 7 heteroatoms. The van der Waals surface area contributed by atoms with Crippen LogP contribution in [0.2, 0.25) is 0 Å². The summed E-state index contributed by atoms with van der Waals surface area (Å²) >= 11 is 0. The Balaban J connectivity index is 1.53.